The second-order valence-electron chi connectivity index (χ2n) is 4.04. The van der Waals surface area contributed by atoms with Crippen LogP contribution in [0.5, 0.6) is 0 Å². The molecule has 1 saturated heterocycles. The zero-order valence-corrected chi connectivity index (χ0v) is 8.19. The van der Waals surface area contributed by atoms with E-state index in [4.69, 9.17) is 0 Å². The maximum atomic E-state index is 4.49. The first-order valence-corrected chi connectivity index (χ1v) is 5.30. The molecule has 3 rings (SSSR count). The Hall–Kier alpha value is -1.31. The van der Waals surface area contributed by atoms with Crippen LogP contribution in [0.3, 0.4) is 0 Å². The third-order valence-corrected chi connectivity index (χ3v) is 3.17. The number of fused-ring (bicyclic) bond motifs is 3. The van der Waals surface area contributed by atoms with Crippen LogP contribution in [0.1, 0.15) is 18.4 Å². The number of hydrogen-bond donors (Lipinski definition) is 0. The highest BCUT2D eigenvalue weighted by atomic mass is 15.2. The number of benzene rings is 1. The van der Waals surface area contributed by atoms with Crippen LogP contribution in [0.25, 0.3) is 0 Å². The van der Waals surface area contributed by atoms with Gasteiger partial charge in [-0.15, -0.1) is 0 Å². The Balaban J connectivity index is 2.10. The summed E-state index contributed by atoms with van der Waals surface area (Å²) in [6.45, 7) is 2.17. The summed E-state index contributed by atoms with van der Waals surface area (Å²) in [7, 11) is 0. The molecule has 0 aliphatic carbocycles. The molecule has 2 aliphatic heterocycles. The molecule has 72 valence electrons. The van der Waals surface area contributed by atoms with Gasteiger partial charge < -0.3 is 4.90 Å². The average Bonchev–Trinajstić information content (AvgIpc) is 2.61. The lowest BCUT2D eigenvalue weighted by atomic mass is 10.1. The molecule has 2 heteroatoms. The van der Waals surface area contributed by atoms with Gasteiger partial charge in [0.15, 0.2) is 0 Å². The molecule has 0 radical (unpaired) electrons. The number of hydrogen-bond acceptors (Lipinski definition) is 2. The second kappa shape index (κ2) is 3.12. The molecule has 0 N–H and O–H groups in total. The minimum absolute atomic E-state index is 0.648. The summed E-state index contributed by atoms with van der Waals surface area (Å²) >= 11 is 0. The van der Waals surface area contributed by atoms with E-state index in [0.717, 1.165) is 6.54 Å². The number of anilines is 1. The van der Waals surface area contributed by atoms with Gasteiger partial charge in [-0.1, -0.05) is 18.2 Å². The van der Waals surface area contributed by atoms with Gasteiger partial charge in [-0.25, -0.2) is 0 Å². The van der Waals surface area contributed by atoms with Gasteiger partial charge in [0.05, 0.1) is 6.54 Å². The monoisotopic (exact) mass is 186 g/mol. The standard InChI is InChI=1S/C12H14N2/c1-2-6-12-10(4-1)8-13-9-11-5-3-7-14(11)12/h1-2,4,6,8,11H,3,5,7,9H2. The molecule has 1 fully saturated rings. The van der Waals surface area contributed by atoms with Crippen molar-refractivity contribution < 1.29 is 0 Å². The Bertz CT molecular complexity index is 370. The third-order valence-electron chi connectivity index (χ3n) is 3.17. The normalized spacial score (nSPS) is 24.3. The fraction of sp³-hybridized carbons (Fsp3) is 0.417. The van der Waals surface area contributed by atoms with E-state index >= 15 is 0 Å². The third kappa shape index (κ3) is 1.14. The van der Waals surface area contributed by atoms with Crippen molar-refractivity contribution >= 4 is 11.9 Å². The van der Waals surface area contributed by atoms with E-state index in [1.807, 2.05) is 6.21 Å². The molecule has 0 spiro atoms. The molecule has 14 heavy (non-hydrogen) atoms. The van der Waals surface area contributed by atoms with Gasteiger partial charge >= 0.3 is 0 Å². The van der Waals surface area contributed by atoms with E-state index in [1.54, 1.807) is 0 Å². The van der Waals surface area contributed by atoms with E-state index in [0.29, 0.717) is 6.04 Å². The van der Waals surface area contributed by atoms with Gasteiger partial charge in [-0.05, 0) is 18.9 Å². The van der Waals surface area contributed by atoms with Crippen molar-refractivity contribution in [2.75, 3.05) is 18.0 Å². The van der Waals surface area contributed by atoms with Gasteiger partial charge in [-0.2, -0.15) is 0 Å². The van der Waals surface area contributed by atoms with Crippen LogP contribution in [-0.4, -0.2) is 25.3 Å². The lowest BCUT2D eigenvalue weighted by Gasteiger charge is -2.25. The first kappa shape index (κ1) is 8.04. The van der Waals surface area contributed by atoms with Crippen LogP contribution in [0.15, 0.2) is 29.3 Å². The minimum atomic E-state index is 0.648. The van der Waals surface area contributed by atoms with Crippen molar-refractivity contribution in [1.29, 1.82) is 0 Å². The zero-order chi connectivity index (χ0) is 9.38. The maximum absolute atomic E-state index is 4.49. The molecular formula is C12H14N2. The molecule has 1 atom stereocenters. The quantitative estimate of drug-likeness (QED) is 0.605. The molecular weight excluding hydrogens is 172 g/mol. The van der Waals surface area contributed by atoms with Crippen LogP contribution >= 0.6 is 0 Å². The van der Waals surface area contributed by atoms with Crippen LogP contribution in [-0.2, 0) is 0 Å². The number of nitrogens with zero attached hydrogens (tertiary/aromatic N) is 2. The summed E-state index contributed by atoms with van der Waals surface area (Å²) in [6, 6.07) is 9.22. The summed E-state index contributed by atoms with van der Waals surface area (Å²) in [5, 5.41) is 0. The highest BCUT2D eigenvalue weighted by Gasteiger charge is 2.26. The Morgan fingerprint density at radius 1 is 1.29 bits per heavy atom. The molecule has 0 amide bonds. The topological polar surface area (TPSA) is 15.6 Å². The van der Waals surface area contributed by atoms with Gasteiger partial charge in [-0.3, -0.25) is 4.99 Å². The Labute approximate surface area is 84.3 Å². The summed E-state index contributed by atoms with van der Waals surface area (Å²) in [5.41, 5.74) is 2.65. The van der Waals surface area contributed by atoms with Gasteiger partial charge in [0, 0.05) is 30.1 Å². The van der Waals surface area contributed by atoms with E-state index in [-0.39, 0.29) is 0 Å². The van der Waals surface area contributed by atoms with Crippen LogP contribution < -0.4 is 4.90 Å². The van der Waals surface area contributed by atoms with Gasteiger partial charge in [0.1, 0.15) is 0 Å². The Morgan fingerprint density at radius 2 is 2.21 bits per heavy atom. The average molecular weight is 186 g/mol. The van der Waals surface area contributed by atoms with E-state index in [9.17, 15) is 0 Å². The molecule has 2 nitrogen and oxygen atoms in total. The van der Waals surface area contributed by atoms with Crippen molar-refractivity contribution in [2.45, 2.75) is 18.9 Å². The van der Waals surface area contributed by atoms with Gasteiger partial charge in [0.2, 0.25) is 0 Å². The molecule has 1 aromatic rings. The van der Waals surface area contributed by atoms with Crippen molar-refractivity contribution in [1.82, 2.24) is 0 Å². The summed E-state index contributed by atoms with van der Waals surface area (Å²) in [6.07, 6.45) is 4.63. The largest absolute Gasteiger partial charge is 0.366 e. The van der Waals surface area contributed by atoms with Crippen LogP contribution in [0.4, 0.5) is 5.69 Å². The first-order valence-electron chi connectivity index (χ1n) is 5.30. The molecule has 0 bridgehead atoms. The second-order valence-corrected chi connectivity index (χ2v) is 4.04. The number of aliphatic imine (C=N–C) groups is 1. The molecule has 0 saturated carbocycles. The zero-order valence-electron chi connectivity index (χ0n) is 8.19. The molecule has 1 unspecified atom stereocenters. The molecule has 0 aromatic heterocycles. The summed E-state index contributed by atoms with van der Waals surface area (Å²) in [5.74, 6) is 0. The SMILES string of the molecule is C1=NCC2CCCN2c2ccccc21. The molecule has 1 aromatic carbocycles. The molecule has 2 aliphatic rings. The first-order chi connectivity index (χ1) is 6.95. The predicted octanol–water partition coefficient (Wildman–Crippen LogP) is 2.09. The number of para-hydroxylation sites is 1. The highest BCUT2D eigenvalue weighted by Crippen LogP contribution is 2.29. The maximum Gasteiger partial charge on any atom is 0.0593 e. The van der Waals surface area contributed by atoms with Crippen molar-refractivity contribution in [3.05, 3.63) is 29.8 Å². The lowest BCUT2D eigenvalue weighted by Crippen LogP contribution is -2.30. The van der Waals surface area contributed by atoms with E-state index < -0.39 is 0 Å². The van der Waals surface area contributed by atoms with E-state index in [2.05, 4.69) is 34.2 Å². The van der Waals surface area contributed by atoms with Crippen molar-refractivity contribution in [3.63, 3.8) is 0 Å². The van der Waals surface area contributed by atoms with Crippen LogP contribution in [0, 0.1) is 0 Å². The smallest absolute Gasteiger partial charge is 0.0593 e. The van der Waals surface area contributed by atoms with Crippen molar-refractivity contribution in [2.24, 2.45) is 4.99 Å². The fourth-order valence-corrected chi connectivity index (χ4v) is 2.47. The summed E-state index contributed by atoms with van der Waals surface area (Å²) < 4.78 is 0. The fourth-order valence-electron chi connectivity index (χ4n) is 2.47. The molecule has 2 heterocycles. The minimum Gasteiger partial charge on any atom is -0.366 e. The van der Waals surface area contributed by atoms with E-state index in [1.165, 1.54) is 30.6 Å². The Kier molecular flexibility index (Phi) is 1.79. The van der Waals surface area contributed by atoms with Crippen LogP contribution in [0.2, 0.25) is 0 Å². The highest BCUT2D eigenvalue weighted by molar-refractivity contribution is 5.89. The van der Waals surface area contributed by atoms with Gasteiger partial charge in [0.25, 0.3) is 0 Å². The predicted molar refractivity (Wildman–Crippen MR) is 59.3 cm³/mol. The Morgan fingerprint density at radius 3 is 3.21 bits per heavy atom. The lowest BCUT2D eigenvalue weighted by molar-refractivity contribution is 0.683. The number of rotatable bonds is 0. The summed E-state index contributed by atoms with van der Waals surface area (Å²) in [4.78, 5) is 7.00. The van der Waals surface area contributed by atoms with Crippen molar-refractivity contribution in [3.8, 4) is 0 Å².